The van der Waals surface area contributed by atoms with Gasteiger partial charge in [-0.25, -0.2) is 0 Å². The Balaban J connectivity index is 2.23. The lowest BCUT2D eigenvalue weighted by Gasteiger charge is -2.25. The molecule has 0 aromatic heterocycles. The van der Waals surface area contributed by atoms with Gasteiger partial charge in [-0.3, -0.25) is 5.32 Å². The average Bonchev–Trinajstić information content (AvgIpc) is 1.64. The molecule has 0 amide bonds. The minimum absolute atomic E-state index is 0.450. The number of hydrogen-bond donors (Lipinski definition) is 1. The molecular weight excluding hydrogens is 102 g/mol. The number of ether oxygens (including phenoxy) is 1. The zero-order valence-electron chi connectivity index (χ0n) is 5.48. The maximum absolute atomic E-state index is 5.24. The molecule has 2 nitrogen and oxygen atoms in total. The quantitative estimate of drug-likeness (QED) is 0.502. The van der Waals surface area contributed by atoms with Crippen LogP contribution in [0.2, 0.25) is 0 Å². The first-order valence-electron chi connectivity index (χ1n) is 3.14. The predicted molar refractivity (Wildman–Crippen MR) is 32.6 cm³/mol. The summed E-state index contributed by atoms with van der Waals surface area (Å²) >= 11 is 0. The summed E-state index contributed by atoms with van der Waals surface area (Å²) in [6.07, 6.45) is 1.59. The molecular formula is C6H13NO. The monoisotopic (exact) mass is 115 g/mol. The van der Waals surface area contributed by atoms with Crippen molar-refractivity contribution in [3.63, 3.8) is 0 Å². The van der Waals surface area contributed by atoms with Gasteiger partial charge in [-0.2, -0.15) is 0 Å². The summed E-state index contributed by atoms with van der Waals surface area (Å²) in [7, 11) is 0. The van der Waals surface area contributed by atoms with Crippen molar-refractivity contribution in [2.24, 2.45) is 0 Å². The van der Waals surface area contributed by atoms with Gasteiger partial charge in [0.05, 0.1) is 12.8 Å². The SMILES string of the molecule is C[C@@H]1C[C@H](C)OCN1. The highest BCUT2D eigenvalue weighted by Gasteiger charge is 2.12. The molecule has 0 aliphatic carbocycles. The van der Waals surface area contributed by atoms with Crippen LogP contribution in [0, 0.1) is 0 Å². The van der Waals surface area contributed by atoms with E-state index in [1.165, 1.54) is 0 Å². The summed E-state index contributed by atoms with van der Waals surface area (Å²) in [5.41, 5.74) is 0. The summed E-state index contributed by atoms with van der Waals surface area (Å²) in [6, 6.07) is 0.638. The van der Waals surface area contributed by atoms with Crippen LogP contribution in [0.4, 0.5) is 0 Å². The molecule has 0 bridgehead atoms. The highest BCUT2D eigenvalue weighted by molar-refractivity contribution is 4.66. The summed E-state index contributed by atoms with van der Waals surface area (Å²) in [5.74, 6) is 0. The smallest absolute Gasteiger partial charge is 0.0970 e. The predicted octanol–water partition coefficient (Wildman–Crippen LogP) is 0.731. The van der Waals surface area contributed by atoms with Gasteiger partial charge in [0.2, 0.25) is 0 Å². The topological polar surface area (TPSA) is 21.3 Å². The zero-order chi connectivity index (χ0) is 5.98. The summed E-state index contributed by atoms with van der Waals surface area (Å²) in [6.45, 7) is 5.01. The second kappa shape index (κ2) is 2.46. The molecule has 0 saturated carbocycles. The van der Waals surface area contributed by atoms with Crippen LogP contribution < -0.4 is 5.32 Å². The van der Waals surface area contributed by atoms with Crippen molar-refractivity contribution in [1.82, 2.24) is 5.32 Å². The third kappa shape index (κ3) is 1.46. The Morgan fingerprint density at radius 3 is 2.62 bits per heavy atom. The third-order valence-electron chi connectivity index (χ3n) is 1.49. The van der Waals surface area contributed by atoms with Gasteiger partial charge in [0.25, 0.3) is 0 Å². The molecule has 8 heavy (non-hydrogen) atoms. The Morgan fingerprint density at radius 1 is 1.50 bits per heavy atom. The van der Waals surface area contributed by atoms with E-state index in [4.69, 9.17) is 4.74 Å². The molecule has 1 aliphatic heterocycles. The molecule has 1 aliphatic rings. The molecule has 1 fully saturated rings. The van der Waals surface area contributed by atoms with Crippen LogP contribution in [0.15, 0.2) is 0 Å². The Labute approximate surface area is 50.2 Å². The lowest BCUT2D eigenvalue weighted by atomic mass is 10.1. The van der Waals surface area contributed by atoms with Gasteiger partial charge in [0.15, 0.2) is 0 Å². The lowest BCUT2D eigenvalue weighted by Crippen LogP contribution is -2.38. The van der Waals surface area contributed by atoms with Crippen LogP contribution in [-0.2, 0) is 4.74 Å². The maximum atomic E-state index is 5.24. The zero-order valence-corrected chi connectivity index (χ0v) is 5.48. The maximum Gasteiger partial charge on any atom is 0.0970 e. The van der Waals surface area contributed by atoms with Crippen molar-refractivity contribution in [3.05, 3.63) is 0 Å². The van der Waals surface area contributed by atoms with Gasteiger partial charge in [-0.15, -0.1) is 0 Å². The molecule has 0 spiro atoms. The van der Waals surface area contributed by atoms with E-state index >= 15 is 0 Å². The standard InChI is InChI=1S/C6H13NO/c1-5-3-6(2)8-4-7-5/h5-7H,3-4H2,1-2H3/t5-,6+/m1/s1. The molecule has 1 heterocycles. The third-order valence-corrected chi connectivity index (χ3v) is 1.49. The van der Waals surface area contributed by atoms with Gasteiger partial charge in [0, 0.05) is 6.04 Å². The van der Waals surface area contributed by atoms with Crippen molar-refractivity contribution in [2.45, 2.75) is 32.4 Å². The highest BCUT2D eigenvalue weighted by atomic mass is 16.5. The second-order valence-corrected chi connectivity index (χ2v) is 2.46. The molecule has 0 radical (unpaired) electrons. The van der Waals surface area contributed by atoms with E-state index in [-0.39, 0.29) is 0 Å². The molecule has 0 aromatic carbocycles. The molecule has 1 rings (SSSR count). The first-order valence-corrected chi connectivity index (χ1v) is 3.14. The van der Waals surface area contributed by atoms with E-state index in [0.717, 1.165) is 13.2 Å². The molecule has 0 aromatic rings. The largest absolute Gasteiger partial charge is 0.363 e. The van der Waals surface area contributed by atoms with Crippen molar-refractivity contribution in [1.29, 1.82) is 0 Å². The molecule has 48 valence electrons. The minimum Gasteiger partial charge on any atom is -0.363 e. The summed E-state index contributed by atoms with van der Waals surface area (Å²) in [5, 5.41) is 3.19. The number of rotatable bonds is 0. The first-order chi connectivity index (χ1) is 3.79. The normalized spacial score (nSPS) is 39.8. The minimum atomic E-state index is 0.450. The number of hydrogen-bond acceptors (Lipinski definition) is 2. The van der Waals surface area contributed by atoms with Gasteiger partial charge in [-0.1, -0.05) is 0 Å². The van der Waals surface area contributed by atoms with Crippen LogP contribution in [-0.4, -0.2) is 18.9 Å². The van der Waals surface area contributed by atoms with Crippen molar-refractivity contribution < 1.29 is 4.74 Å². The lowest BCUT2D eigenvalue weighted by molar-refractivity contribution is 0.00267. The average molecular weight is 115 g/mol. The highest BCUT2D eigenvalue weighted by Crippen LogP contribution is 2.05. The van der Waals surface area contributed by atoms with E-state index in [1.807, 2.05) is 0 Å². The Morgan fingerprint density at radius 2 is 2.25 bits per heavy atom. The van der Waals surface area contributed by atoms with Gasteiger partial charge >= 0.3 is 0 Å². The van der Waals surface area contributed by atoms with Crippen molar-refractivity contribution >= 4 is 0 Å². The molecule has 1 N–H and O–H groups in total. The fourth-order valence-electron chi connectivity index (χ4n) is 0.982. The van der Waals surface area contributed by atoms with E-state index in [9.17, 15) is 0 Å². The van der Waals surface area contributed by atoms with Gasteiger partial charge in [0.1, 0.15) is 0 Å². The Bertz CT molecular complexity index is 66.9. The van der Waals surface area contributed by atoms with Crippen LogP contribution in [0.25, 0.3) is 0 Å². The molecule has 2 heteroatoms. The molecule has 2 atom stereocenters. The first kappa shape index (κ1) is 6.05. The van der Waals surface area contributed by atoms with E-state index in [1.54, 1.807) is 0 Å². The van der Waals surface area contributed by atoms with Crippen LogP contribution in [0.5, 0.6) is 0 Å². The summed E-state index contributed by atoms with van der Waals surface area (Å²) < 4.78 is 5.24. The Hall–Kier alpha value is -0.0800. The van der Waals surface area contributed by atoms with Crippen LogP contribution >= 0.6 is 0 Å². The summed E-state index contributed by atoms with van der Waals surface area (Å²) in [4.78, 5) is 0. The second-order valence-electron chi connectivity index (χ2n) is 2.46. The van der Waals surface area contributed by atoms with Crippen molar-refractivity contribution in [3.8, 4) is 0 Å². The van der Waals surface area contributed by atoms with E-state index < -0.39 is 0 Å². The van der Waals surface area contributed by atoms with Crippen LogP contribution in [0.1, 0.15) is 20.3 Å². The van der Waals surface area contributed by atoms with E-state index in [0.29, 0.717) is 12.1 Å². The number of nitrogens with one attached hydrogen (secondary N) is 1. The van der Waals surface area contributed by atoms with E-state index in [2.05, 4.69) is 19.2 Å². The fourth-order valence-corrected chi connectivity index (χ4v) is 0.982. The van der Waals surface area contributed by atoms with Crippen LogP contribution in [0.3, 0.4) is 0 Å². The molecule has 1 saturated heterocycles. The van der Waals surface area contributed by atoms with Gasteiger partial charge in [-0.05, 0) is 20.3 Å². The Kier molecular flexibility index (Phi) is 1.86. The fraction of sp³-hybridized carbons (Fsp3) is 1.00. The van der Waals surface area contributed by atoms with Gasteiger partial charge < -0.3 is 4.74 Å². The molecule has 0 unspecified atom stereocenters. The van der Waals surface area contributed by atoms with Crippen molar-refractivity contribution in [2.75, 3.05) is 6.73 Å².